The fourth-order valence-corrected chi connectivity index (χ4v) is 3.74. The highest BCUT2D eigenvalue weighted by Crippen LogP contribution is 2.42. The van der Waals surface area contributed by atoms with Gasteiger partial charge in [0, 0.05) is 44.1 Å². The number of pyridine rings is 1. The van der Waals surface area contributed by atoms with E-state index in [9.17, 15) is 9.59 Å². The van der Waals surface area contributed by atoms with Gasteiger partial charge in [0.05, 0.1) is 0 Å². The summed E-state index contributed by atoms with van der Waals surface area (Å²) in [6.07, 6.45) is 6.30. The smallest absolute Gasteiger partial charge is 0.228 e. The molecule has 0 aromatic carbocycles. The van der Waals surface area contributed by atoms with E-state index in [-0.39, 0.29) is 17.2 Å². The van der Waals surface area contributed by atoms with Gasteiger partial charge in [0.1, 0.15) is 5.82 Å². The molecule has 3 aliphatic rings. The lowest BCUT2D eigenvalue weighted by Gasteiger charge is -2.24. The van der Waals surface area contributed by atoms with Crippen LogP contribution in [0.4, 0.5) is 5.82 Å². The lowest BCUT2D eigenvalue weighted by atomic mass is 9.86. The molecule has 22 heavy (non-hydrogen) atoms. The molecule has 2 aliphatic heterocycles. The predicted octanol–water partition coefficient (Wildman–Crippen LogP) is 1.84. The van der Waals surface area contributed by atoms with Crippen molar-refractivity contribution in [3.63, 3.8) is 0 Å². The molecule has 0 radical (unpaired) electrons. The first-order chi connectivity index (χ1) is 10.7. The minimum Gasteiger partial charge on any atom is -0.342 e. The van der Waals surface area contributed by atoms with Crippen molar-refractivity contribution < 1.29 is 9.59 Å². The maximum absolute atomic E-state index is 12.4. The van der Waals surface area contributed by atoms with Gasteiger partial charge < -0.3 is 4.90 Å². The Balaban J connectivity index is 1.45. The number of rotatable bonds is 3. The predicted molar refractivity (Wildman–Crippen MR) is 82.2 cm³/mol. The third-order valence-corrected chi connectivity index (χ3v) is 5.20. The van der Waals surface area contributed by atoms with Crippen molar-refractivity contribution >= 4 is 17.6 Å². The molecule has 3 heterocycles. The summed E-state index contributed by atoms with van der Waals surface area (Å²) in [6.45, 7) is 2.22. The SMILES string of the molecule is O=C(CC1CC1)N1CC[C@]2(CC(=O)N(c3ccccn3)C2)C1. The van der Waals surface area contributed by atoms with Crippen LogP contribution >= 0.6 is 0 Å². The van der Waals surface area contributed by atoms with E-state index < -0.39 is 0 Å². The largest absolute Gasteiger partial charge is 0.342 e. The minimum atomic E-state index is -0.0617. The van der Waals surface area contributed by atoms with Crippen molar-refractivity contribution in [3.8, 4) is 0 Å². The second-order valence-corrected chi connectivity index (χ2v) is 7.06. The molecule has 0 N–H and O–H groups in total. The number of anilines is 1. The van der Waals surface area contributed by atoms with Gasteiger partial charge in [0.2, 0.25) is 11.8 Å². The zero-order valence-corrected chi connectivity index (χ0v) is 12.7. The number of aromatic nitrogens is 1. The maximum atomic E-state index is 12.4. The topological polar surface area (TPSA) is 53.5 Å². The Morgan fingerprint density at radius 2 is 2.18 bits per heavy atom. The van der Waals surface area contributed by atoms with Gasteiger partial charge in [-0.2, -0.15) is 0 Å². The number of hydrogen-bond donors (Lipinski definition) is 0. The van der Waals surface area contributed by atoms with E-state index in [0.717, 1.165) is 25.3 Å². The van der Waals surface area contributed by atoms with Crippen molar-refractivity contribution in [1.29, 1.82) is 0 Å². The second kappa shape index (κ2) is 5.07. The minimum absolute atomic E-state index is 0.0617. The highest BCUT2D eigenvalue weighted by Gasteiger charge is 2.49. The third kappa shape index (κ3) is 2.49. The zero-order valence-electron chi connectivity index (χ0n) is 12.7. The zero-order chi connectivity index (χ0) is 15.2. The molecule has 116 valence electrons. The number of carbonyl (C=O) groups is 2. The van der Waals surface area contributed by atoms with E-state index >= 15 is 0 Å². The summed E-state index contributed by atoms with van der Waals surface area (Å²) in [5.41, 5.74) is -0.0617. The molecule has 1 aromatic heterocycles. The Morgan fingerprint density at radius 1 is 1.32 bits per heavy atom. The molecule has 3 fully saturated rings. The van der Waals surface area contributed by atoms with Gasteiger partial charge in [-0.3, -0.25) is 14.5 Å². The van der Waals surface area contributed by atoms with Crippen LogP contribution in [0.3, 0.4) is 0 Å². The van der Waals surface area contributed by atoms with Crippen LogP contribution in [0.2, 0.25) is 0 Å². The molecule has 5 nitrogen and oxygen atoms in total. The monoisotopic (exact) mass is 299 g/mol. The van der Waals surface area contributed by atoms with Crippen LogP contribution in [0.15, 0.2) is 24.4 Å². The number of carbonyl (C=O) groups excluding carboxylic acids is 2. The number of amides is 2. The summed E-state index contributed by atoms with van der Waals surface area (Å²) in [6, 6.07) is 5.64. The number of hydrogen-bond acceptors (Lipinski definition) is 3. The average Bonchev–Trinajstić information content (AvgIpc) is 3.15. The van der Waals surface area contributed by atoms with Gasteiger partial charge in [-0.05, 0) is 37.3 Å². The van der Waals surface area contributed by atoms with Crippen LogP contribution in [0.1, 0.15) is 32.1 Å². The fraction of sp³-hybridized carbons (Fsp3) is 0.588. The first-order valence-electron chi connectivity index (χ1n) is 8.14. The van der Waals surface area contributed by atoms with E-state index in [4.69, 9.17) is 0 Å². The summed E-state index contributed by atoms with van der Waals surface area (Å²) in [5, 5.41) is 0. The Bertz CT molecular complexity index is 599. The maximum Gasteiger partial charge on any atom is 0.228 e. The molecule has 1 aromatic rings. The van der Waals surface area contributed by atoms with Crippen LogP contribution in [-0.2, 0) is 9.59 Å². The van der Waals surface area contributed by atoms with Gasteiger partial charge in [-0.1, -0.05) is 6.07 Å². The molecule has 0 unspecified atom stereocenters. The van der Waals surface area contributed by atoms with Gasteiger partial charge in [0.15, 0.2) is 0 Å². The van der Waals surface area contributed by atoms with Gasteiger partial charge in [-0.25, -0.2) is 4.98 Å². The van der Waals surface area contributed by atoms with Gasteiger partial charge >= 0.3 is 0 Å². The summed E-state index contributed by atoms with van der Waals surface area (Å²) >= 11 is 0. The molecule has 1 atom stereocenters. The Hall–Kier alpha value is -1.91. The van der Waals surface area contributed by atoms with Crippen LogP contribution in [0.5, 0.6) is 0 Å². The van der Waals surface area contributed by atoms with E-state index in [1.54, 1.807) is 11.1 Å². The standard InChI is InChI=1S/C17H21N3O2/c21-15(9-13-4-5-13)19-8-6-17(11-19)10-16(22)20(12-17)14-3-1-2-7-18-14/h1-3,7,13H,4-6,8-12H2/t17-/m0/s1. The summed E-state index contributed by atoms with van der Waals surface area (Å²) in [7, 11) is 0. The normalized spacial score (nSPS) is 27.9. The van der Waals surface area contributed by atoms with Crippen molar-refractivity contribution in [1.82, 2.24) is 9.88 Å². The molecular weight excluding hydrogens is 278 g/mol. The quantitative estimate of drug-likeness (QED) is 0.855. The Morgan fingerprint density at radius 3 is 2.91 bits per heavy atom. The molecular formula is C17H21N3O2. The molecule has 2 saturated heterocycles. The molecule has 2 amide bonds. The first-order valence-corrected chi connectivity index (χ1v) is 8.14. The average molecular weight is 299 g/mol. The number of nitrogens with zero attached hydrogens (tertiary/aromatic N) is 3. The van der Waals surface area contributed by atoms with Crippen LogP contribution in [0.25, 0.3) is 0 Å². The van der Waals surface area contributed by atoms with Crippen molar-refractivity contribution in [3.05, 3.63) is 24.4 Å². The second-order valence-electron chi connectivity index (χ2n) is 7.06. The van der Waals surface area contributed by atoms with Crippen LogP contribution in [0, 0.1) is 11.3 Å². The first kappa shape index (κ1) is 13.7. The number of likely N-dealkylation sites (tertiary alicyclic amines) is 1. The lowest BCUT2D eigenvalue weighted by Crippen LogP contribution is -2.34. The Kier molecular flexibility index (Phi) is 3.17. The third-order valence-electron chi connectivity index (χ3n) is 5.20. The fourth-order valence-electron chi connectivity index (χ4n) is 3.74. The Labute approximate surface area is 130 Å². The molecule has 5 heteroatoms. The highest BCUT2D eigenvalue weighted by atomic mass is 16.2. The van der Waals surface area contributed by atoms with Gasteiger partial charge in [0.25, 0.3) is 0 Å². The molecule has 4 rings (SSSR count). The van der Waals surface area contributed by atoms with Crippen molar-refractivity contribution in [2.75, 3.05) is 24.5 Å². The molecule has 0 bridgehead atoms. The summed E-state index contributed by atoms with van der Waals surface area (Å²) in [5.74, 6) is 1.77. The highest BCUT2D eigenvalue weighted by molar-refractivity contribution is 5.95. The summed E-state index contributed by atoms with van der Waals surface area (Å²) in [4.78, 5) is 32.7. The van der Waals surface area contributed by atoms with E-state index in [1.165, 1.54) is 12.8 Å². The van der Waals surface area contributed by atoms with Crippen LogP contribution < -0.4 is 4.90 Å². The van der Waals surface area contributed by atoms with Crippen LogP contribution in [-0.4, -0.2) is 41.3 Å². The summed E-state index contributed by atoms with van der Waals surface area (Å²) < 4.78 is 0. The molecule has 1 aliphatic carbocycles. The van der Waals surface area contributed by atoms with Crippen molar-refractivity contribution in [2.24, 2.45) is 11.3 Å². The van der Waals surface area contributed by atoms with Crippen molar-refractivity contribution in [2.45, 2.75) is 32.1 Å². The van der Waals surface area contributed by atoms with Gasteiger partial charge in [-0.15, -0.1) is 0 Å². The van der Waals surface area contributed by atoms with E-state index in [0.29, 0.717) is 25.3 Å². The molecule has 1 spiro atoms. The molecule has 1 saturated carbocycles. The van der Waals surface area contributed by atoms with E-state index in [1.807, 2.05) is 23.1 Å². The lowest BCUT2D eigenvalue weighted by molar-refractivity contribution is -0.131. The van der Waals surface area contributed by atoms with E-state index in [2.05, 4.69) is 4.98 Å².